The molecule has 0 amide bonds. The highest BCUT2D eigenvalue weighted by molar-refractivity contribution is 9.10. The number of halogens is 2. The Labute approximate surface area is 120 Å². The van der Waals surface area contributed by atoms with Gasteiger partial charge in [-0.05, 0) is 23.8 Å². The van der Waals surface area contributed by atoms with Crippen LogP contribution in [0.25, 0.3) is 0 Å². The van der Waals surface area contributed by atoms with Crippen LogP contribution in [0.15, 0.2) is 53.0 Å². The second kappa shape index (κ2) is 6.80. The molecule has 1 unspecified atom stereocenters. The summed E-state index contributed by atoms with van der Waals surface area (Å²) in [5.41, 5.74) is 1.43. The third-order valence-corrected chi connectivity index (χ3v) is 3.31. The van der Waals surface area contributed by atoms with Crippen molar-refractivity contribution in [2.24, 2.45) is 0 Å². The van der Waals surface area contributed by atoms with E-state index in [1.807, 2.05) is 24.3 Å². The van der Waals surface area contributed by atoms with E-state index in [2.05, 4.69) is 21.2 Å². The summed E-state index contributed by atoms with van der Waals surface area (Å²) in [4.78, 5) is 0. The largest absolute Gasteiger partial charge is 0.387 e. The number of nitrogens with one attached hydrogen (secondary N) is 1. The molecule has 0 heterocycles. The standard InChI is InChI=1S/C15H15BrFNO/c16-12-5-3-4-11(8-12)9-18-10-15(19)13-6-1-2-7-14(13)17/h1-8,15,18-19H,9-10H2. The lowest BCUT2D eigenvalue weighted by Crippen LogP contribution is -2.21. The molecule has 2 aromatic rings. The van der Waals surface area contributed by atoms with Gasteiger partial charge < -0.3 is 10.4 Å². The lowest BCUT2D eigenvalue weighted by Gasteiger charge is -2.13. The molecule has 0 aliphatic heterocycles. The van der Waals surface area contributed by atoms with E-state index in [0.29, 0.717) is 18.7 Å². The van der Waals surface area contributed by atoms with Gasteiger partial charge in [0.15, 0.2) is 0 Å². The molecule has 2 N–H and O–H groups in total. The Balaban J connectivity index is 1.88. The summed E-state index contributed by atoms with van der Waals surface area (Å²) in [6, 6.07) is 14.2. The van der Waals surface area contributed by atoms with Crippen molar-refractivity contribution in [2.75, 3.05) is 6.54 Å². The number of hydrogen-bond acceptors (Lipinski definition) is 2. The molecule has 0 bridgehead atoms. The number of aliphatic hydroxyl groups excluding tert-OH is 1. The van der Waals surface area contributed by atoms with Crippen LogP contribution in [-0.2, 0) is 6.54 Å². The predicted molar refractivity (Wildman–Crippen MR) is 77.2 cm³/mol. The molecule has 100 valence electrons. The van der Waals surface area contributed by atoms with Gasteiger partial charge in [0, 0.05) is 23.1 Å². The van der Waals surface area contributed by atoms with Crippen molar-refractivity contribution >= 4 is 15.9 Å². The fraction of sp³-hybridized carbons (Fsp3) is 0.200. The number of rotatable bonds is 5. The minimum atomic E-state index is -0.839. The smallest absolute Gasteiger partial charge is 0.129 e. The maximum atomic E-state index is 13.4. The second-order valence-electron chi connectivity index (χ2n) is 4.30. The Morgan fingerprint density at radius 1 is 1.16 bits per heavy atom. The van der Waals surface area contributed by atoms with Crippen molar-refractivity contribution in [2.45, 2.75) is 12.6 Å². The second-order valence-corrected chi connectivity index (χ2v) is 5.21. The van der Waals surface area contributed by atoms with Crippen molar-refractivity contribution in [1.29, 1.82) is 0 Å². The molecular formula is C15H15BrFNO. The van der Waals surface area contributed by atoms with Crippen LogP contribution in [0.2, 0.25) is 0 Å². The fourth-order valence-corrected chi connectivity index (χ4v) is 2.30. The molecule has 2 nitrogen and oxygen atoms in total. The van der Waals surface area contributed by atoms with Crippen LogP contribution in [0.4, 0.5) is 4.39 Å². The molecule has 0 saturated heterocycles. The molecule has 1 atom stereocenters. The minimum Gasteiger partial charge on any atom is -0.387 e. The van der Waals surface area contributed by atoms with Crippen molar-refractivity contribution in [3.8, 4) is 0 Å². The quantitative estimate of drug-likeness (QED) is 0.883. The van der Waals surface area contributed by atoms with E-state index in [4.69, 9.17) is 0 Å². The van der Waals surface area contributed by atoms with Crippen molar-refractivity contribution < 1.29 is 9.50 Å². The summed E-state index contributed by atoms with van der Waals surface area (Å²) in [7, 11) is 0. The molecule has 0 radical (unpaired) electrons. The SMILES string of the molecule is OC(CNCc1cccc(Br)c1)c1ccccc1F. The van der Waals surface area contributed by atoms with Gasteiger partial charge in [-0.1, -0.05) is 46.3 Å². The van der Waals surface area contributed by atoms with E-state index in [1.165, 1.54) is 6.07 Å². The summed E-state index contributed by atoms with van der Waals surface area (Å²) < 4.78 is 14.5. The molecule has 0 saturated carbocycles. The molecule has 4 heteroatoms. The zero-order chi connectivity index (χ0) is 13.7. The minimum absolute atomic E-state index is 0.313. The first-order chi connectivity index (χ1) is 9.16. The lowest BCUT2D eigenvalue weighted by molar-refractivity contribution is 0.169. The van der Waals surface area contributed by atoms with Crippen molar-refractivity contribution in [1.82, 2.24) is 5.32 Å². The highest BCUT2D eigenvalue weighted by Crippen LogP contribution is 2.16. The zero-order valence-corrected chi connectivity index (χ0v) is 11.9. The van der Waals surface area contributed by atoms with E-state index in [9.17, 15) is 9.50 Å². The molecule has 0 aliphatic rings. The number of benzene rings is 2. The van der Waals surface area contributed by atoms with Crippen molar-refractivity contribution in [3.05, 3.63) is 69.9 Å². The average molecular weight is 324 g/mol. The third kappa shape index (κ3) is 4.13. The molecular weight excluding hydrogens is 309 g/mol. The molecule has 0 aliphatic carbocycles. The lowest BCUT2D eigenvalue weighted by atomic mass is 10.1. The van der Waals surface area contributed by atoms with Crippen LogP contribution in [0, 0.1) is 5.82 Å². The van der Waals surface area contributed by atoms with Gasteiger partial charge in [0.25, 0.3) is 0 Å². The van der Waals surface area contributed by atoms with Gasteiger partial charge in [0.2, 0.25) is 0 Å². The monoisotopic (exact) mass is 323 g/mol. The first-order valence-corrected chi connectivity index (χ1v) is 6.84. The van der Waals surface area contributed by atoms with Crippen LogP contribution in [0.5, 0.6) is 0 Å². The van der Waals surface area contributed by atoms with Crippen LogP contribution >= 0.6 is 15.9 Å². The van der Waals surface area contributed by atoms with Crippen LogP contribution in [-0.4, -0.2) is 11.7 Å². The Kier molecular flexibility index (Phi) is 5.07. The van der Waals surface area contributed by atoms with E-state index in [0.717, 1.165) is 10.0 Å². The van der Waals surface area contributed by atoms with E-state index >= 15 is 0 Å². The molecule has 0 spiro atoms. The van der Waals surface area contributed by atoms with E-state index < -0.39 is 6.10 Å². The van der Waals surface area contributed by atoms with Gasteiger partial charge in [-0.15, -0.1) is 0 Å². The Morgan fingerprint density at radius 3 is 2.68 bits per heavy atom. The molecule has 0 fully saturated rings. The highest BCUT2D eigenvalue weighted by Gasteiger charge is 2.11. The zero-order valence-electron chi connectivity index (χ0n) is 10.3. The van der Waals surface area contributed by atoms with Gasteiger partial charge >= 0.3 is 0 Å². The summed E-state index contributed by atoms with van der Waals surface area (Å²) in [6.07, 6.45) is -0.839. The maximum absolute atomic E-state index is 13.4. The maximum Gasteiger partial charge on any atom is 0.129 e. The Morgan fingerprint density at radius 2 is 1.95 bits per heavy atom. The van der Waals surface area contributed by atoms with Gasteiger partial charge in [-0.25, -0.2) is 4.39 Å². The Bertz CT molecular complexity index is 547. The van der Waals surface area contributed by atoms with Crippen molar-refractivity contribution in [3.63, 3.8) is 0 Å². The predicted octanol–water partition coefficient (Wildman–Crippen LogP) is 3.41. The number of aliphatic hydroxyl groups is 1. The summed E-state index contributed by atoms with van der Waals surface area (Å²) in [6.45, 7) is 0.943. The third-order valence-electron chi connectivity index (χ3n) is 2.82. The molecule has 2 rings (SSSR count). The summed E-state index contributed by atoms with van der Waals surface area (Å²) in [5.74, 6) is -0.376. The van der Waals surface area contributed by atoms with Crippen LogP contribution in [0.1, 0.15) is 17.2 Å². The number of hydrogen-bond donors (Lipinski definition) is 2. The van der Waals surface area contributed by atoms with Gasteiger partial charge in [-0.2, -0.15) is 0 Å². The Hall–Kier alpha value is -1.23. The summed E-state index contributed by atoms with van der Waals surface area (Å²) >= 11 is 3.40. The molecule has 19 heavy (non-hydrogen) atoms. The fourth-order valence-electron chi connectivity index (χ4n) is 1.86. The topological polar surface area (TPSA) is 32.3 Å². The first kappa shape index (κ1) is 14.2. The van der Waals surface area contributed by atoms with E-state index in [1.54, 1.807) is 18.2 Å². The summed E-state index contributed by atoms with van der Waals surface area (Å²) in [5, 5.41) is 13.0. The normalized spacial score (nSPS) is 12.4. The van der Waals surface area contributed by atoms with E-state index in [-0.39, 0.29) is 5.82 Å². The van der Waals surface area contributed by atoms with Gasteiger partial charge in [-0.3, -0.25) is 0 Å². The molecule has 2 aromatic carbocycles. The first-order valence-electron chi connectivity index (χ1n) is 6.04. The van der Waals surface area contributed by atoms with Crippen LogP contribution in [0.3, 0.4) is 0 Å². The molecule has 0 aromatic heterocycles. The highest BCUT2D eigenvalue weighted by atomic mass is 79.9. The van der Waals surface area contributed by atoms with Crippen LogP contribution < -0.4 is 5.32 Å². The van der Waals surface area contributed by atoms with Gasteiger partial charge in [0.1, 0.15) is 5.82 Å². The van der Waals surface area contributed by atoms with Gasteiger partial charge in [0.05, 0.1) is 6.10 Å². The average Bonchev–Trinajstić information content (AvgIpc) is 2.39.